The van der Waals surface area contributed by atoms with Gasteiger partial charge in [-0.1, -0.05) is 55.2 Å². The smallest absolute Gasteiger partial charge is 0.269 e. The molecule has 0 radical (unpaired) electrons. The first-order valence-electron chi connectivity index (χ1n) is 11.2. The molecule has 1 aliphatic heterocycles. The van der Waals surface area contributed by atoms with Crippen molar-refractivity contribution in [3.8, 4) is 0 Å². The Bertz CT molecular complexity index is 1250. The zero-order valence-corrected chi connectivity index (χ0v) is 22.0. The van der Waals surface area contributed by atoms with Gasteiger partial charge >= 0.3 is 0 Å². The molecule has 0 aliphatic carbocycles. The molecule has 2 atom stereocenters. The van der Waals surface area contributed by atoms with Gasteiger partial charge in [-0.15, -0.1) is 0 Å². The van der Waals surface area contributed by atoms with Gasteiger partial charge in [0.1, 0.15) is 17.5 Å². The Morgan fingerprint density at radius 1 is 1.06 bits per heavy atom. The van der Waals surface area contributed by atoms with Crippen LogP contribution in [0.25, 0.3) is 0 Å². The van der Waals surface area contributed by atoms with Gasteiger partial charge in [0.25, 0.3) is 15.9 Å². The molecule has 0 aromatic heterocycles. The normalized spacial score (nSPS) is 15.9. The Kier molecular flexibility index (Phi) is 8.46. The van der Waals surface area contributed by atoms with Gasteiger partial charge in [0.05, 0.1) is 15.6 Å². The number of hydrogen-bond acceptors (Lipinski definition) is 5. The van der Waals surface area contributed by atoms with Crippen LogP contribution in [0.1, 0.15) is 49.5 Å². The molecule has 2 aromatic rings. The number of benzene rings is 2. The number of nitrogens with zero attached hydrogens (tertiary/aromatic N) is 2. The number of carbonyl (C=O) groups is 3. The van der Waals surface area contributed by atoms with Gasteiger partial charge in [0.15, 0.2) is 0 Å². The quantitative estimate of drug-likeness (QED) is 0.520. The van der Waals surface area contributed by atoms with Crippen molar-refractivity contribution in [3.63, 3.8) is 0 Å². The molecule has 0 saturated heterocycles. The molecule has 0 fully saturated rings. The fourth-order valence-corrected chi connectivity index (χ4v) is 5.64. The first-order valence-corrected chi connectivity index (χ1v) is 13.4. The van der Waals surface area contributed by atoms with E-state index in [4.69, 9.17) is 23.2 Å². The van der Waals surface area contributed by atoms with Gasteiger partial charge in [-0.05, 0) is 49.6 Å². The highest BCUT2D eigenvalue weighted by Crippen LogP contribution is 2.30. The maximum absolute atomic E-state index is 13.5. The molecule has 1 N–H and O–H groups in total. The maximum atomic E-state index is 13.5. The third-order valence-electron chi connectivity index (χ3n) is 5.91. The van der Waals surface area contributed by atoms with Gasteiger partial charge in [-0.25, -0.2) is 12.7 Å². The second-order valence-electron chi connectivity index (χ2n) is 8.33. The van der Waals surface area contributed by atoms with Crippen LogP contribution in [0.15, 0.2) is 47.4 Å². The predicted molar refractivity (Wildman–Crippen MR) is 134 cm³/mol. The zero-order valence-electron chi connectivity index (χ0n) is 19.6. The highest BCUT2D eigenvalue weighted by atomic mass is 35.5. The Morgan fingerprint density at radius 3 is 2.34 bits per heavy atom. The molecular formula is C24H27Cl2N3O5S. The first kappa shape index (κ1) is 27.0. The van der Waals surface area contributed by atoms with Gasteiger partial charge in [-0.3, -0.25) is 14.4 Å². The van der Waals surface area contributed by atoms with E-state index in [0.29, 0.717) is 21.3 Å². The Hall–Kier alpha value is -2.62. The van der Waals surface area contributed by atoms with Crippen molar-refractivity contribution in [2.45, 2.75) is 57.1 Å². The number of nitrogens with one attached hydrogen (secondary N) is 1. The lowest BCUT2D eigenvalue weighted by Crippen LogP contribution is -2.53. The number of rotatable bonds is 9. The molecule has 0 bridgehead atoms. The lowest BCUT2D eigenvalue weighted by molar-refractivity contribution is -0.141. The molecular weight excluding hydrogens is 513 g/mol. The molecule has 1 heterocycles. The summed E-state index contributed by atoms with van der Waals surface area (Å²) >= 11 is 12.2. The van der Waals surface area contributed by atoms with Crippen molar-refractivity contribution < 1.29 is 22.8 Å². The summed E-state index contributed by atoms with van der Waals surface area (Å²) in [7, 11) is -4.19. The maximum Gasteiger partial charge on any atom is 0.269 e. The number of carbonyl (C=O) groups excluding carboxylic acids is 3. The van der Waals surface area contributed by atoms with Crippen LogP contribution in [-0.2, 0) is 26.2 Å². The molecule has 0 unspecified atom stereocenters. The van der Waals surface area contributed by atoms with Gasteiger partial charge < -0.3 is 10.2 Å². The molecule has 3 rings (SSSR count). The van der Waals surface area contributed by atoms with Crippen LogP contribution in [0.5, 0.6) is 0 Å². The molecule has 188 valence electrons. The molecule has 8 nitrogen and oxygen atoms in total. The third-order valence-corrected chi connectivity index (χ3v) is 8.44. The van der Waals surface area contributed by atoms with Crippen LogP contribution in [0.3, 0.4) is 0 Å². The molecule has 2 aromatic carbocycles. The fraction of sp³-hybridized carbons (Fsp3) is 0.375. The molecule has 35 heavy (non-hydrogen) atoms. The summed E-state index contributed by atoms with van der Waals surface area (Å²) in [4.78, 5) is 40.6. The van der Waals surface area contributed by atoms with Crippen LogP contribution in [-0.4, -0.2) is 54.0 Å². The SMILES string of the molecule is CC[C@@H](C)NC(=O)[C@@H](CC)N(Cc1ccc(Cl)c(Cl)c1)C(=O)CN1C(=O)c2ccccc2S1(=O)=O. The molecule has 0 spiro atoms. The highest BCUT2D eigenvalue weighted by molar-refractivity contribution is 7.90. The van der Waals surface area contributed by atoms with Crippen LogP contribution < -0.4 is 5.32 Å². The van der Waals surface area contributed by atoms with Gasteiger partial charge in [0, 0.05) is 12.6 Å². The van der Waals surface area contributed by atoms with E-state index in [-0.39, 0.29) is 40.4 Å². The van der Waals surface area contributed by atoms with Crippen LogP contribution in [0, 0.1) is 0 Å². The minimum absolute atomic E-state index is 0.0119. The lowest BCUT2D eigenvalue weighted by atomic mass is 10.1. The van der Waals surface area contributed by atoms with Crippen molar-refractivity contribution in [3.05, 3.63) is 63.6 Å². The summed E-state index contributed by atoms with van der Waals surface area (Å²) in [6.07, 6.45) is 0.970. The average Bonchev–Trinajstić information content (AvgIpc) is 3.01. The van der Waals surface area contributed by atoms with E-state index in [1.165, 1.54) is 23.1 Å². The summed E-state index contributed by atoms with van der Waals surface area (Å²) in [5.41, 5.74) is 0.610. The predicted octanol–water partition coefficient (Wildman–Crippen LogP) is 3.86. The Morgan fingerprint density at radius 2 is 1.74 bits per heavy atom. The fourth-order valence-electron chi connectivity index (χ4n) is 3.80. The Balaban J connectivity index is 1.94. The van der Waals surface area contributed by atoms with E-state index in [1.54, 1.807) is 31.2 Å². The van der Waals surface area contributed by atoms with E-state index >= 15 is 0 Å². The van der Waals surface area contributed by atoms with E-state index in [9.17, 15) is 22.8 Å². The minimum Gasteiger partial charge on any atom is -0.352 e. The zero-order chi connectivity index (χ0) is 25.9. The van der Waals surface area contributed by atoms with Crippen LogP contribution in [0.4, 0.5) is 0 Å². The number of hydrogen-bond donors (Lipinski definition) is 1. The topological polar surface area (TPSA) is 104 Å². The number of sulfonamides is 1. The lowest BCUT2D eigenvalue weighted by Gasteiger charge is -2.32. The Labute approximate surface area is 215 Å². The number of amides is 3. The first-order chi connectivity index (χ1) is 16.5. The average molecular weight is 540 g/mol. The number of fused-ring (bicyclic) bond motifs is 1. The van der Waals surface area contributed by atoms with E-state index in [1.807, 2.05) is 13.8 Å². The summed E-state index contributed by atoms with van der Waals surface area (Å²) in [6, 6.07) is 9.61. The highest BCUT2D eigenvalue weighted by Gasteiger charge is 2.43. The second-order valence-corrected chi connectivity index (χ2v) is 11.0. The molecule has 11 heteroatoms. The minimum atomic E-state index is -4.19. The second kappa shape index (κ2) is 11.0. The van der Waals surface area contributed by atoms with E-state index < -0.39 is 34.4 Å². The molecule has 3 amide bonds. The van der Waals surface area contributed by atoms with Crippen LogP contribution in [0.2, 0.25) is 10.0 Å². The third kappa shape index (κ3) is 5.63. The van der Waals surface area contributed by atoms with Crippen molar-refractivity contribution in [2.24, 2.45) is 0 Å². The van der Waals surface area contributed by atoms with Crippen molar-refractivity contribution >= 4 is 50.9 Å². The van der Waals surface area contributed by atoms with Gasteiger partial charge in [0.2, 0.25) is 11.8 Å². The summed E-state index contributed by atoms with van der Waals surface area (Å²) in [5.74, 6) is -1.83. The van der Waals surface area contributed by atoms with Crippen LogP contribution >= 0.6 is 23.2 Å². The molecule has 1 aliphatic rings. The van der Waals surface area contributed by atoms with Crippen molar-refractivity contribution in [2.75, 3.05) is 6.54 Å². The van der Waals surface area contributed by atoms with E-state index in [2.05, 4.69) is 5.32 Å². The van der Waals surface area contributed by atoms with E-state index in [0.717, 1.165) is 0 Å². The summed E-state index contributed by atoms with van der Waals surface area (Å²) in [5, 5.41) is 3.49. The molecule has 0 saturated carbocycles. The standard InChI is InChI=1S/C24H27Cl2N3O5S/c1-4-15(3)27-23(31)20(5-2)28(13-16-10-11-18(25)19(26)12-16)22(30)14-29-24(32)17-8-6-7-9-21(17)35(29,33)34/h6-12,15,20H,4-5,13-14H2,1-3H3,(H,27,31)/t15-,20-/m1/s1. The summed E-state index contributed by atoms with van der Waals surface area (Å²) in [6.45, 7) is 4.76. The number of halogens is 2. The summed E-state index contributed by atoms with van der Waals surface area (Å²) < 4.78 is 26.5. The van der Waals surface area contributed by atoms with Crippen molar-refractivity contribution in [1.82, 2.24) is 14.5 Å². The monoisotopic (exact) mass is 539 g/mol. The van der Waals surface area contributed by atoms with Gasteiger partial charge in [-0.2, -0.15) is 0 Å². The van der Waals surface area contributed by atoms with Crippen molar-refractivity contribution in [1.29, 1.82) is 0 Å². The largest absolute Gasteiger partial charge is 0.352 e.